The Balaban J connectivity index is 1.52. The van der Waals surface area contributed by atoms with Crippen molar-refractivity contribution in [3.8, 4) is 5.75 Å². The van der Waals surface area contributed by atoms with Gasteiger partial charge in [-0.05, 0) is 98.2 Å². The highest BCUT2D eigenvalue weighted by Crippen LogP contribution is 2.41. The molecule has 2 amide bonds. The topological polar surface area (TPSA) is 116 Å². The summed E-state index contributed by atoms with van der Waals surface area (Å²) in [5.41, 5.74) is 3.10. The van der Waals surface area contributed by atoms with Crippen molar-refractivity contribution in [1.29, 1.82) is 0 Å². The molecule has 2 aromatic carbocycles. The molecule has 9 nitrogen and oxygen atoms in total. The van der Waals surface area contributed by atoms with Crippen LogP contribution in [0, 0.1) is 11.8 Å². The molecule has 11 heteroatoms. The van der Waals surface area contributed by atoms with Gasteiger partial charge in [-0.3, -0.25) is 9.59 Å². The second-order valence-electron chi connectivity index (χ2n) is 12.4. The normalized spacial score (nSPS) is 26.4. The number of hydrogen-bond acceptors (Lipinski definition) is 7. The molecule has 1 unspecified atom stereocenters. The second-order valence-corrected chi connectivity index (χ2v) is 14.8. The van der Waals surface area contributed by atoms with Crippen LogP contribution < -0.4 is 14.4 Å². The second kappa shape index (κ2) is 13.9. The first-order valence-corrected chi connectivity index (χ1v) is 17.3. The van der Waals surface area contributed by atoms with Crippen LogP contribution in [0.15, 0.2) is 48.6 Å². The molecule has 0 radical (unpaired) electrons. The largest absolute Gasteiger partial charge is 0.487 e. The summed E-state index contributed by atoms with van der Waals surface area (Å²) in [5.74, 6) is -0.165. The lowest BCUT2D eigenvalue weighted by molar-refractivity contribution is -0.128. The predicted molar refractivity (Wildman–Crippen MR) is 171 cm³/mol. The van der Waals surface area contributed by atoms with E-state index >= 15 is 0 Å². The number of rotatable bonds is 2. The first-order valence-electron chi connectivity index (χ1n) is 15.4. The van der Waals surface area contributed by atoms with Gasteiger partial charge >= 0.3 is 0 Å². The molecule has 2 bridgehead atoms. The van der Waals surface area contributed by atoms with Crippen molar-refractivity contribution in [1.82, 2.24) is 9.62 Å². The number of aryl methyl sites for hydroxylation is 1. The number of nitrogens with one attached hydrogen (secondary N) is 1. The Morgan fingerprint density at radius 2 is 1.93 bits per heavy atom. The van der Waals surface area contributed by atoms with Gasteiger partial charge in [-0.15, -0.1) is 0 Å². The number of amides is 2. The van der Waals surface area contributed by atoms with E-state index in [1.165, 1.54) is 4.90 Å². The van der Waals surface area contributed by atoms with E-state index in [4.69, 9.17) is 16.3 Å². The van der Waals surface area contributed by atoms with Gasteiger partial charge in [-0.1, -0.05) is 29.8 Å². The third-order valence-corrected chi connectivity index (χ3v) is 11.2. The van der Waals surface area contributed by atoms with Gasteiger partial charge in [0.05, 0.1) is 17.0 Å². The van der Waals surface area contributed by atoms with Crippen molar-refractivity contribution in [2.24, 2.45) is 11.8 Å². The summed E-state index contributed by atoms with van der Waals surface area (Å²) in [7, 11) is -1.06. The number of carbonyl (C=O) groups excluding carboxylic acids is 2. The Morgan fingerprint density at radius 3 is 2.68 bits per heavy atom. The molecule has 2 aromatic rings. The summed E-state index contributed by atoms with van der Waals surface area (Å²) in [4.78, 5) is 29.6. The van der Waals surface area contributed by atoms with Crippen molar-refractivity contribution in [2.75, 3.05) is 32.1 Å². The lowest BCUT2D eigenvalue weighted by atomic mass is 9.70. The smallest absolute Gasteiger partial charge is 0.264 e. The van der Waals surface area contributed by atoms with Crippen LogP contribution in [0.25, 0.3) is 0 Å². The van der Waals surface area contributed by atoms with Crippen molar-refractivity contribution in [3.63, 3.8) is 0 Å². The van der Waals surface area contributed by atoms with Crippen LogP contribution in [-0.4, -0.2) is 68.8 Å². The minimum atomic E-state index is -4.20. The van der Waals surface area contributed by atoms with E-state index in [9.17, 15) is 23.1 Å². The maximum atomic E-state index is 13.5. The lowest BCUT2D eigenvalue weighted by Gasteiger charge is -2.42. The average molecular weight is 644 g/mol. The zero-order chi connectivity index (χ0) is 31.4. The van der Waals surface area contributed by atoms with Crippen molar-refractivity contribution in [2.45, 2.75) is 69.3 Å². The molecule has 1 fully saturated rings. The fourth-order valence-corrected chi connectivity index (χ4v) is 7.86. The van der Waals surface area contributed by atoms with Crippen LogP contribution in [0.3, 0.4) is 0 Å². The molecule has 2 aliphatic heterocycles. The minimum absolute atomic E-state index is 0.0782. The van der Waals surface area contributed by atoms with Gasteiger partial charge in [0, 0.05) is 44.2 Å². The van der Waals surface area contributed by atoms with Crippen LogP contribution >= 0.6 is 11.6 Å². The molecule has 44 heavy (non-hydrogen) atoms. The maximum absolute atomic E-state index is 13.5. The molecule has 238 valence electrons. The van der Waals surface area contributed by atoms with Crippen LogP contribution in [0.1, 0.15) is 66.4 Å². The highest BCUT2D eigenvalue weighted by atomic mass is 35.5. The van der Waals surface area contributed by atoms with E-state index < -0.39 is 27.3 Å². The van der Waals surface area contributed by atoms with Gasteiger partial charge in [0.25, 0.3) is 5.91 Å². The van der Waals surface area contributed by atoms with Crippen molar-refractivity contribution >= 4 is 39.1 Å². The Morgan fingerprint density at radius 1 is 1.11 bits per heavy atom. The number of benzene rings is 2. The number of fused-ring (bicyclic) bond motifs is 3. The van der Waals surface area contributed by atoms with Crippen LogP contribution in [0.5, 0.6) is 5.75 Å². The van der Waals surface area contributed by atoms with E-state index in [0.717, 1.165) is 48.9 Å². The van der Waals surface area contributed by atoms with Gasteiger partial charge in [-0.2, -0.15) is 0 Å². The zero-order valence-corrected chi connectivity index (χ0v) is 26.9. The molecule has 5 rings (SSSR count). The molecule has 2 N–H and O–H groups in total. The van der Waals surface area contributed by atoms with Crippen LogP contribution in [0.4, 0.5) is 5.69 Å². The number of halogens is 1. The molecular weight excluding hydrogens is 602 g/mol. The Labute approximate surface area is 265 Å². The van der Waals surface area contributed by atoms with Crippen molar-refractivity contribution < 1.29 is 27.9 Å². The Hall–Kier alpha value is -3.08. The molecule has 0 spiro atoms. The third kappa shape index (κ3) is 7.58. The number of aliphatic hydroxyl groups is 1. The first-order chi connectivity index (χ1) is 21.0. The molecule has 1 saturated carbocycles. The summed E-state index contributed by atoms with van der Waals surface area (Å²) in [6.45, 7) is 1.71. The van der Waals surface area contributed by atoms with Crippen LogP contribution in [0.2, 0.25) is 5.02 Å². The molecule has 4 atom stereocenters. The van der Waals surface area contributed by atoms with Gasteiger partial charge < -0.3 is 19.6 Å². The lowest BCUT2D eigenvalue weighted by Crippen LogP contribution is -2.43. The van der Waals surface area contributed by atoms with E-state index in [-0.39, 0.29) is 36.1 Å². The van der Waals surface area contributed by atoms with E-state index in [1.807, 2.05) is 18.2 Å². The van der Waals surface area contributed by atoms with E-state index in [0.29, 0.717) is 36.9 Å². The van der Waals surface area contributed by atoms with Crippen molar-refractivity contribution in [3.05, 3.63) is 70.3 Å². The number of sulfonamides is 1. The number of allylic oxidation sites excluding steroid dienone is 1. The first kappa shape index (κ1) is 32.3. The summed E-state index contributed by atoms with van der Waals surface area (Å²) in [6.07, 6.45) is 7.71. The maximum Gasteiger partial charge on any atom is 0.264 e. The standard InChI is InChI=1S/C33H42ClN3O6S/c1-36(2)32(39)19-27-8-3-4-9-30(38)28-14-11-24(28)20-37-16-6-5-7-22-17-26(34)13-10-25(22)21-43-31-15-12-23(18-29(31)37)33(40)35-44(27,41)42/h4,9-10,12-13,15,17-18,24,27-28,30,38H,3,5-8,11,14,16,19-21H2,1-2H3,(H,35,40)/b9-4+/t24-,27?,28-,30-/m0/s1. The number of nitrogens with zero attached hydrogens (tertiary/aromatic N) is 2. The predicted octanol–water partition coefficient (Wildman–Crippen LogP) is 4.71. The molecular formula is C33H42ClN3O6S. The third-order valence-electron chi connectivity index (χ3n) is 9.17. The molecule has 3 aliphatic rings. The molecule has 0 aromatic heterocycles. The number of hydrogen-bond donors (Lipinski definition) is 2. The summed E-state index contributed by atoms with van der Waals surface area (Å²) in [6, 6.07) is 10.8. The number of carbonyl (C=O) groups is 2. The van der Waals surface area contributed by atoms with E-state index in [1.54, 1.807) is 44.4 Å². The SMILES string of the molecule is CN(C)C(=O)CC1CC/C=C/[C@H](O)[C@H]2CC[C@H]2CN2CCCCc3cc(Cl)ccc3COc3ccc(cc32)C(=O)NS1(=O)=O. The zero-order valence-electron chi connectivity index (χ0n) is 25.4. The molecule has 1 aliphatic carbocycles. The van der Waals surface area contributed by atoms with E-state index in [2.05, 4.69) is 9.62 Å². The Bertz CT molecular complexity index is 1510. The summed E-state index contributed by atoms with van der Waals surface area (Å²) >= 11 is 6.30. The van der Waals surface area contributed by atoms with Crippen LogP contribution in [-0.2, 0) is 27.8 Å². The highest BCUT2D eigenvalue weighted by molar-refractivity contribution is 7.90. The van der Waals surface area contributed by atoms with Gasteiger partial charge in [0.1, 0.15) is 12.4 Å². The summed E-state index contributed by atoms with van der Waals surface area (Å²) in [5, 5.41) is 10.6. The minimum Gasteiger partial charge on any atom is -0.487 e. The average Bonchev–Trinajstić information content (AvgIpc) is 2.99. The highest BCUT2D eigenvalue weighted by Gasteiger charge is 2.37. The quantitative estimate of drug-likeness (QED) is 0.456. The number of anilines is 1. The molecule has 0 saturated heterocycles. The fraction of sp³-hybridized carbons (Fsp3) is 0.515. The fourth-order valence-electron chi connectivity index (χ4n) is 6.31. The summed E-state index contributed by atoms with van der Waals surface area (Å²) < 4.78 is 35.6. The number of ether oxygens (including phenoxy) is 1. The monoisotopic (exact) mass is 643 g/mol. The number of aliphatic hydroxyl groups excluding tert-OH is 1. The van der Waals surface area contributed by atoms with Gasteiger partial charge in [0.15, 0.2) is 0 Å². The van der Waals surface area contributed by atoms with Gasteiger partial charge in [-0.25, -0.2) is 13.1 Å². The molecule has 2 heterocycles. The van der Waals surface area contributed by atoms with Gasteiger partial charge in [0.2, 0.25) is 15.9 Å². The Kier molecular flexibility index (Phi) is 10.2.